The summed E-state index contributed by atoms with van der Waals surface area (Å²) in [6, 6.07) is 6.10. The van der Waals surface area contributed by atoms with Gasteiger partial charge in [-0.1, -0.05) is 12.1 Å². The quantitative estimate of drug-likeness (QED) is 0.912. The fraction of sp³-hybridized carbons (Fsp3) is 0.389. The van der Waals surface area contributed by atoms with Gasteiger partial charge in [0.2, 0.25) is 5.95 Å². The summed E-state index contributed by atoms with van der Waals surface area (Å²) in [6.45, 7) is 4.35. The summed E-state index contributed by atoms with van der Waals surface area (Å²) in [4.78, 5) is 21.2. The Morgan fingerprint density at radius 2 is 2.00 bits per heavy atom. The second-order valence-corrected chi connectivity index (χ2v) is 6.27. The van der Waals surface area contributed by atoms with Gasteiger partial charge in [0.05, 0.1) is 5.69 Å². The van der Waals surface area contributed by atoms with Crippen molar-refractivity contribution in [2.24, 2.45) is 0 Å². The molecule has 132 valence electrons. The zero-order chi connectivity index (χ0) is 18.1. The highest BCUT2D eigenvalue weighted by Crippen LogP contribution is 2.30. The number of hydrogen-bond acceptors (Lipinski definition) is 4. The first-order chi connectivity index (χ1) is 11.9. The largest absolute Gasteiger partial charge is 0.480 e. The van der Waals surface area contributed by atoms with E-state index < -0.39 is 24.1 Å². The van der Waals surface area contributed by atoms with E-state index in [0.29, 0.717) is 30.6 Å². The normalized spacial score (nSPS) is 17.3. The van der Waals surface area contributed by atoms with Crippen molar-refractivity contribution in [2.45, 2.75) is 39.2 Å². The van der Waals surface area contributed by atoms with Crippen LogP contribution in [0, 0.1) is 13.8 Å². The van der Waals surface area contributed by atoms with Crippen LogP contribution in [0.25, 0.3) is 11.3 Å². The molecule has 3 rings (SSSR count). The van der Waals surface area contributed by atoms with E-state index >= 15 is 0 Å². The number of benzene rings is 1. The van der Waals surface area contributed by atoms with Crippen molar-refractivity contribution in [1.82, 2.24) is 9.97 Å². The summed E-state index contributed by atoms with van der Waals surface area (Å²) in [5.74, 6) is -0.938. The van der Waals surface area contributed by atoms with Gasteiger partial charge in [0, 0.05) is 12.1 Å². The Kier molecular flexibility index (Phi) is 4.65. The summed E-state index contributed by atoms with van der Waals surface area (Å²) in [5, 5.41) is 9.33. The first-order valence-corrected chi connectivity index (χ1v) is 8.11. The van der Waals surface area contributed by atoms with Crippen molar-refractivity contribution in [3.8, 4) is 11.3 Å². The molecule has 0 amide bonds. The number of alkyl halides is 2. The van der Waals surface area contributed by atoms with E-state index in [0.717, 1.165) is 11.1 Å². The summed E-state index contributed by atoms with van der Waals surface area (Å²) in [6.07, 6.45) is -1.63. The number of carboxylic acid groups (broad SMARTS) is 1. The van der Waals surface area contributed by atoms with Crippen molar-refractivity contribution < 1.29 is 18.7 Å². The standard InChI is InChI=1S/C18H19F2N3O2/c1-10-5-6-12(8-11(10)2)13-9-14(16(19)20)22-18(21-13)23-7-3-4-15(23)17(24)25/h5-6,8-9,15-16H,3-4,7H2,1-2H3,(H,24,25)/t15-/m0/s1. The highest BCUT2D eigenvalue weighted by atomic mass is 19.3. The van der Waals surface area contributed by atoms with Crippen LogP contribution >= 0.6 is 0 Å². The molecule has 0 aliphatic carbocycles. The van der Waals surface area contributed by atoms with E-state index in [1.807, 2.05) is 32.0 Å². The zero-order valence-corrected chi connectivity index (χ0v) is 14.0. The van der Waals surface area contributed by atoms with Crippen LogP contribution in [0.15, 0.2) is 24.3 Å². The average Bonchev–Trinajstić information content (AvgIpc) is 3.07. The Hall–Kier alpha value is -2.57. The molecule has 2 aromatic rings. The third kappa shape index (κ3) is 3.45. The Labute approximate surface area is 144 Å². The number of aryl methyl sites for hydroxylation is 2. The Morgan fingerprint density at radius 3 is 2.64 bits per heavy atom. The van der Waals surface area contributed by atoms with E-state index in [1.54, 1.807) is 0 Å². The van der Waals surface area contributed by atoms with Gasteiger partial charge in [-0.05, 0) is 49.9 Å². The number of aromatic nitrogens is 2. The molecule has 5 nitrogen and oxygen atoms in total. The SMILES string of the molecule is Cc1ccc(-c2cc(C(F)F)nc(N3CCC[C@H]3C(=O)O)n2)cc1C. The molecule has 25 heavy (non-hydrogen) atoms. The molecule has 0 saturated carbocycles. The third-order valence-corrected chi connectivity index (χ3v) is 4.56. The van der Waals surface area contributed by atoms with Crippen LogP contribution in [0.2, 0.25) is 0 Å². The number of nitrogens with zero attached hydrogens (tertiary/aromatic N) is 3. The Bertz CT molecular complexity index is 811. The molecule has 1 aliphatic rings. The summed E-state index contributed by atoms with van der Waals surface area (Å²) < 4.78 is 26.6. The van der Waals surface area contributed by atoms with E-state index in [2.05, 4.69) is 9.97 Å². The van der Waals surface area contributed by atoms with E-state index in [1.165, 1.54) is 11.0 Å². The first kappa shape index (κ1) is 17.3. The molecule has 1 saturated heterocycles. The summed E-state index contributed by atoms with van der Waals surface area (Å²) >= 11 is 0. The first-order valence-electron chi connectivity index (χ1n) is 8.11. The van der Waals surface area contributed by atoms with Crippen molar-refractivity contribution in [2.75, 3.05) is 11.4 Å². The van der Waals surface area contributed by atoms with Gasteiger partial charge >= 0.3 is 5.97 Å². The van der Waals surface area contributed by atoms with Crippen LogP contribution in [0.5, 0.6) is 0 Å². The molecule has 1 N–H and O–H groups in total. The van der Waals surface area contributed by atoms with Gasteiger partial charge in [0.1, 0.15) is 11.7 Å². The predicted molar refractivity (Wildman–Crippen MR) is 89.9 cm³/mol. The van der Waals surface area contributed by atoms with Crippen molar-refractivity contribution in [3.05, 3.63) is 41.1 Å². The highest BCUT2D eigenvalue weighted by molar-refractivity contribution is 5.78. The van der Waals surface area contributed by atoms with Crippen LogP contribution in [0.3, 0.4) is 0 Å². The smallest absolute Gasteiger partial charge is 0.326 e. The highest BCUT2D eigenvalue weighted by Gasteiger charge is 2.33. The molecule has 0 radical (unpaired) electrons. The minimum Gasteiger partial charge on any atom is -0.480 e. The lowest BCUT2D eigenvalue weighted by Crippen LogP contribution is -2.37. The van der Waals surface area contributed by atoms with Crippen LogP contribution in [0.4, 0.5) is 14.7 Å². The fourth-order valence-corrected chi connectivity index (χ4v) is 3.00. The zero-order valence-electron chi connectivity index (χ0n) is 14.0. The molecule has 2 heterocycles. The van der Waals surface area contributed by atoms with Gasteiger partial charge in [-0.2, -0.15) is 0 Å². The molecule has 1 aromatic carbocycles. The molecule has 1 atom stereocenters. The van der Waals surface area contributed by atoms with Crippen LogP contribution < -0.4 is 4.90 Å². The molecule has 0 bridgehead atoms. The number of carbonyl (C=O) groups is 1. The summed E-state index contributed by atoms with van der Waals surface area (Å²) in [7, 11) is 0. The minimum absolute atomic E-state index is 0.0518. The van der Waals surface area contributed by atoms with E-state index in [-0.39, 0.29) is 5.95 Å². The molecule has 7 heteroatoms. The predicted octanol–water partition coefficient (Wildman–Crippen LogP) is 3.75. The lowest BCUT2D eigenvalue weighted by atomic mass is 10.0. The van der Waals surface area contributed by atoms with Gasteiger partial charge in [0.15, 0.2) is 0 Å². The topological polar surface area (TPSA) is 66.3 Å². The summed E-state index contributed by atoms with van der Waals surface area (Å²) in [5.41, 5.74) is 2.81. The minimum atomic E-state index is -2.75. The average molecular weight is 347 g/mol. The van der Waals surface area contributed by atoms with Crippen molar-refractivity contribution >= 4 is 11.9 Å². The van der Waals surface area contributed by atoms with Crippen LogP contribution in [-0.2, 0) is 4.79 Å². The number of anilines is 1. The van der Waals surface area contributed by atoms with Gasteiger partial charge in [-0.3, -0.25) is 0 Å². The molecular weight excluding hydrogens is 328 g/mol. The Balaban J connectivity index is 2.09. The number of hydrogen-bond donors (Lipinski definition) is 1. The van der Waals surface area contributed by atoms with Gasteiger partial charge < -0.3 is 10.0 Å². The van der Waals surface area contributed by atoms with Crippen LogP contribution in [-0.4, -0.2) is 33.6 Å². The molecule has 1 aliphatic heterocycles. The maximum Gasteiger partial charge on any atom is 0.326 e. The lowest BCUT2D eigenvalue weighted by Gasteiger charge is -2.22. The maximum atomic E-state index is 13.3. The number of aliphatic carboxylic acids is 1. The molecule has 0 unspecified atom stereocenters. The fourth-order valence-electron chi connectivity index (χ4n) is 3.00. The van der Waals surface area contributed by atoms with Gasteiger partial charge in [0.25, 0.3) is 6.43 Å². The van der Waals surface area contributed by atoms with Crippen molar-refractivity contribution in [3.63, 3.8) is 0 Å². The third-order valence-electron chi connectivity index (χ3n) is 4.56. The lowest BCUT2D eigenvalue weighted by molar-refractivity contribution is -0.138. The van der Waals surface area contributed by atoms with Gasteiger partial charge in [-0.25, -0.2) is 23.5 Å². The van der Waals surface area contributed by atoms with Crippen LogP contribution in [0.1, 0.15) is 36.1 Å². The van der Waals surface area contributed by atoms with Gasteiger partial charge in [-0.15, -0.1) is 0 Å². The second kappa shape index (κ2) is 6.74. The Morgan fingerprint density at radius 1 is 1.24 bits per heavy atom. The maximum absolute atomic E-state index is 13.3. The number of halogens is 2. The molecule has 1 aromatic heterocycles. The van der Waals surface area contributed by atoms with E-state index in [9.17, 15) is 18.7 Å². The molecule has 1 fully saturated rings. The number of rotatable bonds is 4. The monoisotopic (exact) mass is 347 g/mol. The molecule has 0 spiro atoms. The molecular formula is C18H19F2N3O2. The van der Waals surface area contributed by atoms with E-state index in [4.69, 9.17) is 0 Å². The number of carboxylic acids is 1. The van der Waals surface area contributed by atoms with Crippen molar-refractivity contribution in [1.29, 1.82) is 0 Å². The second-order valence-electron chi connectivity index (χ2n) is 6.27.